The van der Waals surface area contributed by atoms with E-state index in [4.69, 9.17) is 18.9 Å². The van der Waals surface area contributed by atoms with Gasteiger partial charge in [-0.3, -0.25) is 9.59 Å². The number of hydrogen-bond donors (Lipinski definition) is 0. The summed E-state index contributed by atoms with van der Waals surface area (Å²) in [6.45, 7) is 4.73. The molecule has 0 amide bonds. The Labute approximate surface area is 488 Å². The van der Waals surface area contributed by atoms with Crippen LogP contribution in [0.5, 0.6) is 0 Å². The first kappa shape index (κ1) is 76.0. The highest BCUT2D eigenvalue weighted by molar-refractivity contribution is 5.70. The van der Waals surface area contributed by atoms with Crippen LogP contribution < -0.4 is 5.11 Å². The lowest BCUT2D eigenvalue weighted by atomic mass is 10.0. The van der Waals surface area contributed by atoms with Gasteiger partial charge in [0.2, 0.25) is 0 Å². The molecule has 0 aromatic carbocycles. The topological polar surface area (TPSA) is 111 Å². The molecule has 2 unspecified atom stereocenters. The van der Waals surface area contributed by atoms with E-state index in [1.807, 2.05) is 21.1 Å². The molecular weight excluding hydrogens is 983 g/mol. The maximum Gasteiger partial charge on any atom is 0.306 e. The Morgan fingerprint density at radius 3 is 1.04 bits per heavy atom. The van der Waals surface area contributed by atoms with Crippen LogP contribution >= 0.6 is 0 Å². The molecule has 0 aromatic rings. The van der Waals surface area contributed by atoms with E-state index >= 15 is 0 Å². The van der Waals surface area contributed by atoms with E-state index in [9.17, 15) is 19.5 Å². The summed E-state index contributed by atoms with van der Waals surface area (Å²) in [5, 5.41) is 11.8. The summed E-state index contributed by atoms with van der Waals surface area (Å²) in [4.78, 5) is 37.4. The molecule has 0 bridgehead atoms. The second-order valence-corrected chi connectivity index (χ2v) is 23.8. The SMILES string of the molecule is CCCCC/C=C\C/C=C\CCCCCCCCCC(=O)OCC(COC(OCC[N+](C)(C)C)C(=O)[O-])OC(=O)CCCCCCCCCCCCCCCCCCCCCCCC/C=C\C/C=C\C/C=C\CCCCCCC. The van der Waals surface area contributed by atoms with Gasteiger partial charge in [-0.1, -0.05) is 274 Å². The van der Waals surface area contributed by atoms with Crippen LogP contribution in [0.4, 0.5) is 0 Å². The lowest BCUT2D eigenvalue weighted by Gasteiger charge is -2.26. The Morgan fingerprint density at radius 2 is 0.684 bits per heavy atom. The molecule has 0 aliphatic carbocycles. The molecule has 0 saturated carbocycles. The Morgan fingerprint density at radius 1 is 0.380 bits per heavy atom. The number of aliphatic carboxylic acids is 1. The summed E-state index contributed by atoms with van der Waals surface area (Å²) in [6.07, 6.45) is 75.9. The highest BCUT2D eigenvalue weighted by Crippen LogP contribution is 2.17. The maximum atomic E-state index is 12.9. The second-order valence-electron chi connectivity index (χ2n) is 23.8. The summed E-state index contributed by atoms with van der Waals surface area (Å²) in [7, 11) is 5.93. The van der Waals surface area contributed by atoms with E-state index in [0.717, 1.165) is 64.2 Å². The molecule has 9 nitrogen and oxygen atoms in total. The van der Waals surface area contributed by atoms with Gasteiger partial charge in [-0.25, -0.2) is 0 Å². The van der Waals surface area contributed by atoms with Crippen molar-refractivity contribution in [2.75, 3.05) is 47.5 Å². The molecule has 0 fully saturated rings. The molecule has 0 spiro atoms. The Hall–Kier alpha value is -3.01. The Bertz CT molecular complexity index is 1480. The van der Waals surface area contributed by atoms with Crippen LogP contribution in [0.2, 0.25) is 0 Å². The fourth-order valence-electron chi connectivity index (χ4n) is 9.58. The number of nitrogens with zero attached hydrogens (tertiary/aromatic N) is 1. The van der Waals surface area contributed by atoms with Gasteiger partial charge >= 0.3 is 11.9 Å². The van der Waals surface area contributed by atoms with Crippen LogP contribution in [-0.4, -0.2) is 82.3 Å². The van der Waals surface area contributed by atoms with Crippen molar-refractivity contribution >= 4 is 17.9 Å². The summed E-state index contributed by atoms with van der Waals surface area (Å²) in [5.41, 5.74) is 0. The molecule has 0 rings (SSSR count). The number of unbranched alkanes of at least 4 members (excludes halogenated alkanes) is 37. The number of ether oxygens (including phenoxy) is 4. The van der Waals surface area contributed by atoms with Crippen LogP contribution in [0, 0.1) is 0 Å². The van der Waals surface area contributed by atoms with Crippen LogP contribution in [0.1, 0.15) is 309 Å². The number of likely N-dealkylation sites (N-methyl/N-ethyl adjacent to an activating group) is 1. The molecule has 0 aliphatic rings. The van der Waals surface area contributed by atoms with Crippen molar-refractivity contribution in [2.45, 2.75) is 322 Å². The smallest absolute Gasteiger partial charge is 0.306 e. The minimum atomic E-state index is -1.62. The van der Waals surface area contributed by atoms with Crippen molar-refractivity contribution in [3.8, 4) is 0 Å². The average Bonchev–Trinajstić information content (AvgIpc) is 3.42. The predicted molar refractivity (Wildman–Crippen MR) is 334 cm³/mol. The van der Waals surface area contributed by atoms with Crippen molar-refractivity contribution < 1.29 is 42.9 Å². The van der Waals surface area contributed by atoms with Gasteiger partial charge in [0.1, 0.15) is 13.2 Å². The van der Waals surface area contributed by atoms with Gasteiger partial charge in [0, 0.05) is 12.8 Å². The number of esters is 2. The molecule has 0 aromatic heterocycles. The predicted octanol–water partition coefficient (Wildman–Crippen LogP) is 19.0. The molecule has 0 heterocycles. The largest absolute Gasteiger partial charge is 0.545 e. The van der Waals surface area contributed by atoms with Gasteiger partial charge in [0.25, 0.3) is 0 Å². The van der Waals surface area contributed by atoms with Gasteiger partial charge in [-0.2, -0.15) is 0 Å². The zero-order valence-corrected chi connectivity index (χ0v) is 52.5. The maximum absolute atomic E-state index is 12.9. The number of carboxylic acid groups (broad SMARTS) is 1. The van der Waals surface area contributed by atoms with Gasteiger partial charge in [-0.15, -0.1) is 0 Å². The van der Waals surface area contributed by atoms with Crippen LogP contribution in [0.15, 0.2) is 60.8 Å². The first-order valence-corrected chi connectivity index (χ1v) is 33.4. The normalized spacial score (nSPS) is 13.1. The summed E-state index contributed by atoms with van der Waals surface area (Å²) < 4.78 is 22.7. The number of carbonyl (C=O) groups excluding carboxylic acids is 3. The molecule has 460 valence electrons. The third-order valence-corrected chi connectivity index (χ3v) is 14.7. The molecule has 0 saturated heterocycles. The van der Waals surface area contributed by atoms with Crippen LogP contribution in [-0.2, 0) is 33.3 Å². The van der Waals surface area contributed by atoms with Crippen molar-refractivity contribution in [3.05, 3.63) is 60.8 Å². The van der Waals surface area contributed by atoms with E-state index in [1.54, 1.807) is 0 Å². The van der Waals surface area contributed by atoms with Gasteiger partial charge in [0.15, 0.2) is 12.4 Å². The van der Waals surface area contributed by atoms with E-state index in [0.29, 0.717) is 17.4 Å². The third kappa shape index (κ3) is 62.4. The molecule has 2 atom stereocenters. The van der Waals surface area contributed by atoms with Crippen LogP contribution in [0.25, 0.3) is 0 Å². The van der Waals surface area contributed by atoms with Crippen molar-refractivity contribution in [3.63, 3.8) is 0 Å². The fraction of sp³-hybridized carbons (Fsp3) is 0.814. The van der Waals surface area contributed by atoms with Crippen molar-refractivity contribution in [1.29, 1.82) is 0 Å². The number of carbonyl (C=O) groups is 3. The molecule has 0 radical (unpaired) electrons. The number of carboxylic acids is 1. The minimum Gasteiger partial charge on any atom is -0.545 e. The molecule has 0 N–H and O–H groups in total. The number of rotatable bonds is 62. The van der Waals surface area contributed by atoms with Crippen LogP contribution in [0.3, 0.4) is 0 Å². The highest BCUT2D eigenvalue weighted by atomic mass is 16.7. The van der Waals surface area contributed by atoms with E-state index in [-0.39, 0.29) is 38.6 Å². The molecule has 79 heavy (non-hydrogen) atoms. The lowest BCUT2D eigenvalue weighted by Crippen LogP contribution is -2.44. The second kappa shape index (κ2) is 61.1. The van der Waals surface area contributed by atoms with E-state index < -0.39 is 24.3 Å². The van der Waals surface area contributed by atoms with Gasteiger partial charge in [0.05, 0.1) is 40.3 Å². The van der Waals surface area contributed by atoms with Gasteiger partial charge < -0.3 is 33.3 Å². The third-order valence-electron chi connectivity index (χ3n) is 14.7. The Balaban J connectivity index is 4.02. The molecule has 9 heteroatoms. The molecular formula is C70H127NO8. The summed E-state index contributed by atoms with van der Waals surface area (Å²) in [6, 6.07) is 0. The number of quaternary nitrogens is 1. The first-order chi connectivity index (χ1) is 38.6. The number of hydrogen-bond acceptors (Lipinski definition) is 8. The monoisotopic (exact) mass is 1110 g/mol. The standard InChI is InChI=1S/C70H127NO8/c1-6-8-10-12-14-16-18-20-22-24-25-26-27-28-29-30-31-32-33-34-35-36-37-38-39-40-41-42-43-45-47-49-51-53-55-57-59-61-68(73)79-66(65-78-70(69(74)75)76-63-62-71(3,4)5)64-77-67(72)60-58-56-54-52-50-48-46-44-23-21-19-17-15-13-11-9-7-2/h15,17-18,20-21,23-25,27-28,66,70H,6-14,16,19,22,26,29-65H2,1-5H3/b17-15-,20-18-,23-21-,25-24-,28-27-. The Kier molecular flexibility index (Phi) is 58.7. The van der Waals surface area contributed by atoms with E-state index in [1.165, 1.54) is 212 Å². The zero-order valence-electron chi connectivity index (χ0n) is 52.5. The van der Waals surface area contributed by atoms with Crippen molar-refractivity contribution in [1.82, 2.24) is 0 Å². The quantitative estimate of drug-likeness (QED) is 0.0195. The van der Waals surface area contributed by atoms with Crippen molar-refractivity contribution in [2.24, 2.45) is 0 Å². The summed E-state index contributed by atoms with van der Waals surface area (Å²) >= 11 is 0. The first-order valence-electron chi connectivity index (χ1n) is 33.4. The lowest BCUT2D eigenvalue weighted by molar-refractivity contribution is -0.870. The highest BCUT2D eigenvalue weighted by Gasteiger charge is 2.22. The fourth-order valence-corrected chi connectivity index (χ4v) is 9.58. The average molecular weight is 1110 g/mol. The summed E-state index contributed by atoms with van der Waals surface area (Å²) in [5.74, 6) is -2.28. The molecule has 0 aliphatic heterocycles. The minimum absolute atomic E-state index is 0.147. The number of allylic oxidation sites excluding steroid dienone is 10. The van der Waals surface area contributed by atoms with E-state index in [2.05, 4.69) is 74.6 Å². The van der Waals surface area contributed by atoms with Gasteiger partial charge in [-0.05, 0) is 83.5 Å². The zero-order chi connectivity index (χ0) is 57.6.